The van der Waals surface area contributed by atoms with Crippen LogP contribution < -0.4 is 10.6 Å². The van der Waals surface area contributed by atoms with Gasteiger partial charge in [-0.3, -0.25) is 9.89 Å². The third-order valence-electron chi connectivity index (χ3n) is 4.26. The molecule has 0 aliphatic heterocycles. The smallest absolute Gasteiger partial charge is 0.191 e. The van der Waals surface area contributed by atoms with Gasteiger partial charge in [0.15, 0.2) is 5.96 Å². The summed E-state index contributed by atoms with van der Waals surface area (Å²) >= 11 is 12.1. The number of nitrogens with zero attached hydrogens (tertiary/aromatic N) is 3. The molecule has 8 heteroatoms. The quantitative estimate of drug-likeness (QED) is 0.379. The number of aromatic nitrogens is 1. The summed E-state index contributed by atoms with van der Waals surface area (Å²) in [5, 5.41) is 7.78. The van der Waals surface area contributed by atoms with Gasteiger partial charge in [0.25, 0.3) is 0 Å². The van der Waals surface area contributed by atoms with Gasteiger partial charge in [0.05, 0.1) is 11.6 Å². The molecule has 0 bridgehead atoms. The maximum atomic E-state index is 6.07. The summed E-state index contributed by atoms with van der Waals surface area (Å²) in [6.07, 6.45) is 2.64. The summed E-state index contributed by atoms with van der Waals surface area (Å²) in [6.45, 7) is 3.71. The van der Waals surface area contributed by atoms with Crippen molar-refractivity contribution < 1.29 is 0 Å². The number of guanidine groups is 1. The minimum atomic E-state index is 0. The van der Waals surface area contributed by atoms with Gasteiger partial charge in [-0.2, -0.15) is 0 Å². The molecule has 1 aromatic rings. The number of aliphatic imine (C=N–C) groups is 1. The van der Waals surface area contributed by atoms with Gasteiger partial charge in [-0.25, -0.2) is 0 Å². The molecule has 0 radical (unpaired) electrons. The van der Waals surface area contributed by atoms with E-state index in [1.54, 1.807) is 7.05 Å². The maximum Gasteiger partial charge on any atom is 0.191 e. The number of likely N-dealkylation sites (N-methyl/N-ethyl adjacent to an activating group) is 1. The zero-order valence-corrected chi connectivity index (χ0v) is 17.9. The molecule has 23 heavy (non-hydrogen) atoms. The average Bonchev–Trinajstić information content (AvgIpc) is 3.32. The fourth-order valence-corrected chi connectivity index (χ4v) is 2.80. The monoisotopic (exact) mass is 473 g/mol. The molecule has 2 rings (SSSR count). The Bertz CT molecular complexity index is 542. The van der Waals surface area contributed by atoms with Gasteiger partial charge in [0.2, 0.25) is 0 Å². The van der Waals surface area contributed by atoms with E-state index in [1.807, 2.05) is 17.7 Å². The van der Waals surface area contributed by atoms with Crippen molar-refractivity contribution in [3.05, 3.63) is 21.9 Å². The number of rotatable bonds is 6. The van der Waals surface area contributed by atoms with Crippen LogP contribution in [-0.2, 0) is 13.6 Å². The second kappa shape index (κ2) is 9.34. The molecule has 1 heterocycles. The van der Waals surface area contributed by atoms with Crippen LogP contribution in [0.15, 0.2) is 11.1 Å². The second-order valence-electron chi connectivity index (χ2n) is 5.89. The van der Waals surface area contributed by atoms with Crippen molar-refractivity contribution in [3.8, 4) is 0 Å². The van der Waals surface area contributed by atoms with E-state index in [2.05, 4.69) is 34.5 Å². The van der Waals surface area contributed by atoms with E-state index >= 15 is 0 Å². The molecule has 1 atom stereocenters. The van der Waals surface area contributed by atoms with Crippen LogP contribution in [0.3, 0.4) is 0 Å². The Balaban J connectivity index is 0.00000264. The number of nitrogens with one attached hydrogen (secondary N) is 2. The van der Waals surface area contributed by atoms with Crippen LogP contribution in [-0.4, -0.2) is 48.2 Å². The molecule has 1 aliphatic carbocycles. The van der Waals surface area contributed by atoms with Crippen molar-refractivity contribution in [2.45, 2.75) is 38.4 Å². The van der Waals surface area contributed by atoms with E-state index in [0.29, 0.717) is 22.8 Å². The SMILES string of the molecule is CN=C(NCc1cc(Cl)c(Cl)n1C)NCC(C)N(C)C1CC1.I. The molecule has 2 N–H and O–H groups in total. The lowest BCUT2D eigenvalue weighted by molar-refractivity contribution is 0.247. The lowest BCUT2D eigenvalue weighted by Gasteiger charge is -2.25. The maximum absolute atomic E-state index is 6.07. The van der Waals surface area contributed by atoms with Crippen molar-refractivity contribution in [2.75, 3.05) is 20.6 Å². The fraction of sp³-hybridized carbons (Fsp3) is 0.667. The summed E-state index contributed by atoms with van der Waals surface area (Å²) in [4.78, 5) is 6.68. The van der Waals surface area contributed by atoms with Crippen LogP contribution in [0.4, 0.5) is 0 Å². The van der Waals surface area contributed by atoms with Crippen molar-refractivity contribution in [2.24, 2.45) is 12.0 Å². The Kier molecular flexibility index (Phi) is 8.47. The average molecular weight is 474 g/mol. The zero-order valence-electron chi connectivity index (χ0n) is 14.1. The Hall–Kier alpha value is -0.180. The first-order valence-electron chi connectivity index (χ1n) is 7.60. The van der Waals surface area contributed by atoms with E-state index < -0.39 is 0 Å². The second-order valence-corrected chi connectivity index (χ2v) is 6.65. The van der Waals surface area contributed by atoms with Crippen LogP contribution in [0.2, 0.25) is 10.2 Å². The van der Waals surface area contributed by atoms with Crippen LogP contribution >= 0.6 is 47.2 Å². The molecular formula is C15H26Cl2IN5. The van der Waals surface area contributed by atoms with E-state index in [4.69, 9.17) is 23.2 Å². The molecule has 0 amide bonds. The predicted octanol–water partition coefficient (Wildman–Crippen LogP) is 3.10. The molecule has 1 saturated carbocycles. The van der Waals surface area contributed by atoms with Crippen molar-refractivity contribution in [1.82, 2.24) is 20.1 Å². The van der Waals surface area contributed by atoms with Gasteiger partial charge in [-0.15, -0.1) is 24.0 Å². The zero-order chi connectivity index (χ0) is 16.3. The third kappa shape index (κ3) is 5.69. The Morgan fingerprint density at radius 3 is 2.57 bits per heavy atom. The molecule has 1 aromatic heterocycles. The summed E-state index contributed by atoms with van der Waals surface area (Å²) in [7, 11) is 5.86. The highest BCUT2D eigenvalue weighted by atomic mass is 127. The standard InChI is InChI=1S/C15H25Cl2N5.HI/c1-10(21(3)11-5-6-11)8-19-15(18-2)20-9-12-7-13(16)14(17)22(12)4;/h7,10-11H,5-6,8-9H2,1-4H3,(H2,18,19,20);1H. The first-order valence-corrected chi connectivity index (χ1v) is 8.35. The Morgan fingerprint density at radius 2 is 2.09 bits per heavy atom. The van der Waals surface area contributed by atoms with Gasteiger partial charge in [-0.05, 0) is 32.9 Å². The van der Waals surface area contributed by atoms with Crippen LogP contribution in [0.5, 0.6) is 0 Å². The summed E-state index contributed by atoms with van der Waals surface area (Å²) in [6, 6.07) is 3.11. The van der Waals surface area contributed by atoms with Crippen LogP contribution in [0.1, 0.15) is 25.5 Å². The van der Waals surface area contributed by atoms with Gasteiger partial charge in [0, 0.05) is 38.4 Å². The molecule has 5 nitrogen and oxygen atoms in total. The summed E-state index contributed by atoms with van der Waals surface area (Å²) < 4.78 is 1.87. The van der Waals surface area contributed by atoms with E-state index in [0.717, 1.165) is 24.2 Å². The highest BCUT2D eigenvalue weighted by molar-refractivity contribution is 14.0. The van der Waals surface area contributed by atoms with Crippen LogP contribution in [0, 0.1) is 0 Å². The first-order chi connectivity index (χ1) is 10.4. The molecule has 1 unspecified atom stereocenters. The molecule has 0 spiro atoms. The fourth-order valence-electron chi connectivity index (χ4n) is 2.38. The largest absolute Gasteiger partial charge is 0.355 e. The first kappa shape index (κ1) is 20.9. The lowest BCUT2D eigenvalue weighted by Crippen LogP contribution is -2.45. The number of hydrogen-bond acceptors (Lipinski definition) is 2. The summed E-state index contributed by atoms with van der Waals surface area (Å²) in [5.41, 5.74) is 1.01. The number of halogens is 3. The van der Waals surface area contributed by atoms with Crippen molar-refractivity contribution >= 4 is 53.1 Å². The molecule has 1 fully saturated rings. The Morgan fingerprint density at radius 1 is 1.43 bits per heavy atom. The van der Waals surface area contributed by atoms with Gasteiger partial charge >= 0.3 is 0 Å². The van der Waals surface area contributed by atoms with Gasteiger partial charge < -0.3 is 15.2 Å². The molecule has 1 aliphatic rings. The van der Waals surface area contributed by atoms with Crippen molar-refractivity contribution in [3.63, 3.8) is 0 Å². The topological polar surface area (TPSA) is 44.6 Å². The lowest BCUT2D eigenvalue weighted by atomic mass is 10.3. The molecular weight excluding hydrogens is 448 g/mol. The third-order valence-corrected chi connectivity index (χ3v) is 5.10. The molecule has 132 valence electrons. The minimum Gasteiger partial charge on any atom is -0.355 e. The predicted molar refractivity (Wildman–Crippen MR) is 109 cm³/mol. The molecule has 0 saturated heterocycles. The highest BCUT2D eigenvalue weighted by Crippen LogP contribution is 2.26. The molecule has 0 aromatic carbocycles. The minimum absolute atomic E-state index is 0. The van der Waals surface area contributed by atoms with Crippen molar-refractivity contribution in [1.29, 1.82) is 0 Å². The normalized spacial score (nSPS) is 16.2. The highest BCUT2D eigenvalue weighted by Gasteiger charge is 2.28. The van der Waals surface area contributed by atoms with Crippen LogP contribution in [0.25, 0.3) is 0 Å². The van der Waals surface area contributed by atoms with E-state index in [9.17, 15) is 0 Å². The Labute approximate surface area is 165 Å². The van der Waals surface area contributed by atoms with Gasteiger partial charge in [0.1, 0.15) is 5.15 Å². The van der Waals surface area contributed by atoms with Gasteiger partial charge in [-0.1, -0.05) is 23.2 Å². The van der Waals surface area contributed by atoms with E-state index in [-0.39, 0.29) is 24.0 Å². The van der Waals surface area contributed by atoms with E-state index in [1.165, 1.54) is 12.8 Å². The summed E-state index contributed by atoms with van der Waals surface area (Å²) in [5.74, 6) is 0.782. The number of hydrogen-bond donors (Lipinski definition) is 2.